The monoisotopic (exact) mass is 467 g/mol. The summed E-state index contributed by atoms with van der Waals surface area (Å²) in [6, 6.07) is 0.939. The normalized spacial score (nSPS) is 19.5. The molecule has 4 rings (SSSR count). The molecule has 0 saturated carbocycles. The van der Waals surface area contributed by atoms with Crippen molar-refractivity contribution < 1.29 is 41.4 Å². The summed E-state index contributed by atoms with van der Waals surface area (Å²) in [5.41, 5.74) is -0.441. The number of anilines is 1. The molecule has 0 N–H and O–H groups in total. The fourth-order valence-corrected chi connectivity index (χ4v) is 3.68. The number of benzene rings is 1. The van der Waals surface area contributed by atoms with Crippen LogP contribution in [-0.4, -0.2) is 55.3 Å². The van der Waals surface area contributed by atoms with Gasteiger partial charge in [0.15, 0.2) is 17.0 Å². The molecule has 27 heavy (non-hydrogen) atoms. The Labute approximate surface area is 170 Å². The Morgan fingerprint density at radius 2 is 1.96 bits per heavy atom. The zero-order chi connectivity index (χ0) is 18.6. The summed E-state index contributed by atoms with van der Waals surface area (Å²) < 4.78 is 22.5. The van der Waals surface area contributed by atoms with Crippen LogP contribution >= 0.6 is 0 Å². The number of rotatable bonds is 2. The van der Waals surface area contributed by atoms with Crippen LogP contribution in [0.2, 0.25) is 0 Å². The number of aromatic nitrogens is 1. The van der Waals surface area contributed by atoms with Crippen LogP contribution in [0.1, 0.15) is 23.3 Å². The molecule has 2 aliphatic rings. The van der Waals surface area contributed by atoms with E-state index in [-0.39, 0.29) is 40.4 Å². The van der Waals surface area contributed by atoms with Crippen molar-refractivity contribution in [2.45, 2.75) is 13.0 Å². The van der Waals surface area contributed by atoms with Crippen molar-refractivity contribution in [2.75, 3.05) is 44.7 Å². The molecule has 2 aliphatic heterocycles. The van der Waals surface area contributed by atoms with Crippen molar-refractivity contribution >= 4 is 22.6 Å². The quantitative estimate of drug-likeness (QED) is 0.587. The van der Waals surface area contributed by atoms with E-state index < -0.39 is 22.8 Å². The molecule has 3 heterocycles. The summed E-state index contributed by atoms with van der Waals surface area (Å²) in [6.45, 7) is 5.00. The van der Waals surface area contributed by atoms with E-state index in [1.165, 1.54) is 6.20 Å². The Morgan fingerprint density at radius 3 is 2.59 bits per heavy atom. The molecule has 9 heteroatoms. The first kappa shape index (κ1) is 19.9. The van der Waals surface area contributed by atoms with Gasteiger partial charge in [-0.1, -0.05) is 0 Å². The fraction of sp³-hybridized carbons (Fsp3) is 0.444. The maximum atomic E-state index is 15.0. The molecular formula is C18H19AgFN3O4. The number of carboxylic acids is 1. The molecule has 1 unspecified atom stereocenters. The fourth-order valence-electron chi connectivity index (χ4n) is 3.68. The number of carbonyl (C=O) groups is 1. The van der Waals surface area contributed by atoms with E-state index in [1.807, 2.05) is 18.9 Å². The van der Waals surface area contributed by atoms with E-state index in [1.54, 1.807) is 4.57 Å². The Kier molecular flexibility index (Phi) is 5.36. The molecule has 0 bridgehead atoms. The number of hydrogen-bond donors (Lipinski definition) is 0. The van der Waals surface area contributed by atoms with E-state index in [0.717, 1.165) is 19.2 Å². The Morgan fingerprint density at radius 1 is 1.30 bits per heavy atom. The number of nitrogens with zero attached hydrogens (tertiary/aromatic N) is 3. The van der Waals surface area contributed by atoms with Gasteiger partial charge in [-0.25, -0.2) is 4.39 Å². The average molecular weight is 468 g/mol. The molecule has 1 fully saturated rings. The van der Waals surface area contributed by atoms with Crippen molar-refractivity contribution in [3.8, 4) is 5.75 Å². The molecule has 0 aliphatic carbocycles. The molecule has 1 aromatic carbocycles. The van der Waals surface area contributed by atoms with Crippen LogP contribution in [0, 0.1) is 5.82 Å². The number of likely N-dealkylation sites (N-methyl/N-ethyl adjacent to an activating group) is 1. The first-order chi connectivity index (χ1) is 12.4. The predicted octanol–water partition coefficient (Wildman–Crippen LogP) is 0.207. The van der Waals surface area contributed by atoms with Gasteiger partial charge in [-0.2, -0.15) is 0 Å². The molecule has 1 atom stereocenters. The maximum Gasteiger partial charge on any atom is 1.00 e. The second-order valence-corrected chi connectivity index (χ2v) is 6.95. The second-order valence-electron chi connectivity index (χ2n) is 6.95. The third-order valence-electron chi connectivity index (χ3n) is 5.18. The molecule has 0 radical (unpaired) electrons. The van der Waals surface area contributed by atoms with Gasteiger partial charge in [-0.05, 0) is 20.0 Å². The van der Waals surface area contributed by atoms with E-state index >= 15 is 0 Å². The Balaban J connectivity index is 0.00000210. The van der Waals surface area contributed by atoms with Crippen LogP contribution in [0.4, 0.5) is 10.1 Å². The number of carboxylic acid groups (broad SMARTS) is 1. The van der Waals surface area contributed by atoms with Gasteiger partial charge < -0.3 is 29.0 Å². The van der Waals surface area contributed by atoms with Crippen molar-refractivity contribution in [2.24, 2.45) is 0 Å². The van der Waals surface area contributed by atoms with E-state index in [0.29, 0.717) is 30.0 Å². The molecule has 1 aromatic heterocycles. The standard InChI is InChI=1S/C18H20FN3O4.Ag/c1-10-9-26-17-14-11(16(23)12(18(24)25)8-22(10)14)7-13(19)15(17)21-5-3-20(2)4-6-21;/h7-8,10H,3-6,9H2,1-2H3,(H,24,25);/q;+1/p-1. The number of carbonyl (C=O) groups excluding carboxylic acids is 1. The molecule has 7 nitrogen and oxygen atoms in total. The Hall–Kier alpha value is -1.87. The topological polar surface area (TPSA) is 77.8 Å². The maximum absolute atomic E-state index is 15.0. The van der Waals surface area contributed by atoms with Crippen molar-refractivity contribution in [1.82, 2.24) is 9.47 Å². The smallest absolute Gasteiger partial charge is 0.545 e. The van der Waals surface area contributed by atoms with Crippen LogP contribution in [0.3, 0.4) is 0 Å². The molecular weight excluding hydrogens is 449 g/mol. The minimum absolute atomic E-state index is 0. The van der Waals surface area contributed by atoms with E-state index in [9.17, 15) is 19.1 Å². The zero-order valence-electron chi connectivity index (χ0n) is 14.9. The minimum Gasteiger partial charge on any atom is -0.545 e. The van der Waals surface area contributed by atoms with Gasteiger partial charge in [0.05, 0.1) is 28.5 Å². The predicted molar refractivity (Wildman–Crippen MR) is 92.4 cm³/mol. The Bertz CT molecular complexity index is 969. The van der Waals surface area contributed by atoms with E-state index in [2.05, 4.69) is 4.90 Å². The number of aromatic carboxylic acids is 1. The summed E-state index contributed by atoms with van der Waals surface area (Å²) >= 11 is 0. The van der Waals surface area contributed by atoms with Gasteiger partial charge in [0.2, 0.25) is 0 Å². The summed E-state index contributed by atoms with van der Waals surface area (Å²) in [5.74, 6) is -1.83. The number of piperazine rings is 1. The van der Waals surface area contributed by atoms with Crippen molar-refractivity contribution in [3.05, 3.63) is 33.9 Å². The molecule has 0 amide bonds. The molecule has 2 aromatic rings. The SMILES string of the molecule is CC1COc2c(N3CCN(C)CC3)c(F)cc3c(=O)c(C(=O)[O-])cn1c23.[Ag+]. The molecule has 1 saturated heterocycles. The summed E-state index contributed by atoms with van der Waals surface area (Å²) in [4.78, 5) is 27.9. The van der Waals surface area contributed by atoms with Crippen LogP contribution in [-0.2, 0) is 22.4 Å². The number of halogens is 1. The number of hydrogen-bond acceptors (Lipinski definition) is 6. The van der Waals surface area contributed by atoms with Gasteiger partial charge in [-0.15, -0.1) is 0 Å². The van der Waals surface area contributed by atoms with Crippen molar-refractivity contribution in [1.29, 1.82) is 0 Å². The van der Waals surface area contributed by atoms with Gasteiger partial charge in [0, 0.05) is 32.4 Å². The summed E-state index contributed by atoms with van der Waals surface area (Å²) in [7, 11) is 2.01. The third kappa shape index (κ3) is 3.16. The van der Waals surface area contributed by atoms with Gasteiger partial charge in [-0.3, -0.25) is 4.79 Å². The molecule has 148 valence electrons. The second kappa shape index (κ2) is 7.27. The van der Waals surface area contributed by atoms with Crippen LogP contribution in [0.15, 0.2) is 17.1 Å². The largest absolute Gasteiger partial charge is 1.00 e. The van der Waals surface area contributed by atoms with Crippen LogP contribution in [0.5, 0.6) is 5.75 Å². The minimum atomic E-state index is -1.57. The van der Waals surface area contributed by atoms with Gasteiger partial charge in [0.25, 0.3) is 0 Å². The van der Waals surface area contributed by atoms with E-state index in [4.69, 9.17) is 4.74 Å². The summed E-state index contributed by atoms with van der Waals surface area (Å²) in [5, 5.41) is 11.3. The molecule has 0 spiro atoms. The zero-order valence-corrected chi connectivity index (χ0v) is 16.4. The first-order valence-electron chi connectivity index (χ1n) is 8.57. The summed E-state index contributed by atoms with van der Waals surface area (Å²) in [6.07, 6.45) is 1.28. The van der Waals surface area contributed by atoms with Gasteiger partial charge >= 0.3 is 22.4 Å². The van der Waals surface area contributed by atoms with Gasteiger partial charge in [0.1, 0.15) is 12.3 Å². The van der Waals surface area contributed by atoms with Crippen LogP contribution < -0.4 is 20.2 Å². The number of ether oxygens (including phenoxy) is 1. The first-order valence-corrected chi connectivity index (χ1v) is 8.57. The average Bonchev–Trinajstić information content (AvgIpc) is 2.60. The number of pyridine rings is 1. The van der Waals surface area contributed by atoms with Crippen LogP contribution in [0.25, 0.3) is 10.9 Å². The third-order valence-corrected chi connectivity index (χ3v) is 5.18. The van der Waals surface area contributed by atoms with Crippen molar-refractivity contribution in [3.63, 3.8) is 0 Å².